The minimum atomic E-state index is -1.24. The van der Waals surface area contributed by atoms with Gasteiger partial charge in [0.25, 0.3) is 5.69 Å². The monoisotopic (exact) mass is 234 g/mol. The Morgan fingerprint density at radius 3 is 2.76 bits per heavy atom. The number of nitro benzene ring substituents is 1. The van der Waals surface area contributed by atoms with E-state index in [0.29, 0.717) is 13.0 Å². The predicted octanol–water partition coefficient (Wildman–Crippen LogP) is 0.993. The molecule has 0 amide bonds. The SMILES string of the molecule is NCCC#Cc1ccc([N+](=O)[O-])cc1C(=O)O. The molecule has 17 heavy (non-hydrogen) atoms. The van der Waals surface area contributed by atoms with Gasteiger partial charge in [0.1, 0.15) is 0 Å². The summed E-state index contributed by atoms with van der Waals surface area (Å²) in [5.74, 6) is 4.07. The van der Waals surface area contributed by atoms with E-state index in [1.165, 1.54) is 12.1 Å². The predicted molar refractivity (Wildman–Crippen MR) is 60.6 cm³/mol. The summed E-state index contributed by atoms with van der Waals surface area (Å²) in [6, 6.07) is 3.54. The van der Waals surface area contributed by atoms with E-state index in [-0.39, 0.29) is 16.8 Å². The van der Waals surface area contributed by atoms with E-state index in [2.05, 4.69) is 11.8 Å². The minimum absolute atomic E-state index is 0.177. The smallest absolute Gasteiger partial charge is 0.337 e. The molecule has 0 aliphatic carbocycles. The number of hydrogen-bond donors (Lipinski definition) is 2. The summed E-state index contributed by atoms with van der Waals surface area (Å²) in [6.07, 6.45) is 0.441. The first kappa shape index (κ1) is 12.7. The summed E-state index contributed by atoms with van der Waals surface area (Å²) < 4.78 is 0. The number of carbonyl (C=O) groups is 1. The van der Waals surface area contributed by atoms with Crippen LogP contribution in [0.5, 0.6) is 0 Å². The molecule has 0 unspecified atom stereocenters. The number of non-ortho nitro benzene ring substituents is 1. The summed E-state index contributed by atoms with van der Waals surface area (Å²) in [7, 11) is 0. The van der Waals surface area contributed by atoms with Crippen molar-refractivity contribution in [1.82, 2.24) is 0 Å². The molecule has 88 valence electrons. The van der Waals surface area contributed by atoms with Crippen molar-refractivity contribution in [1.29, 1.82) is 0 Å². The van der Waals surface area contributed by atoms with Gasteiger partial charge in [-0.05, 0) is 6.07 Å². The van der Waals surface area contributed by atoms with E-state index >= 15 is 0 Å². The van der Waals surface area contributed by atoms with E-state index in [4.69, 9.17) is 10.8 Å². The van der Waals surface area contributed by atoms with Gasteiger partial charge in [-0.25, -0.2) is 4.79 Å². The Balaban J connectivity index is 3.19. The first-order valence-electron chi connectivity index (χ1n) is 4.77. The molecule has 6 nitrogen and oxygen atoms in total. The molecule has 0 saturated heterocycles. The quantitative estimate of drug-likeness (QED) is 0.460. The van der Waals surface area contributed by atoms with Gasteiger partial charge in [-0.15, -0.1) is 0 Å². The fourth-order valence-corrected chi connectivity index (χ4v) is 1.16. The van der Waals surface area contributed by atoms with Crippen molar-refractivity contribution in [3.05, 3.63) is 39.4 Å². The molecular formula is C11H10N2O4. The van der Waals surface area contributed by atoms with Gasteiger partial charge in [0.15, 0.2) is 0 Å². The van der Waals surface area contributed by atoms with E-state index in [9.17, 15) is 14.9 Å². The first-order valence-corrected chi connectivity index (χ1v) is 4.77. The van der Waals surface area contributed by atoms with Crippen molar-refractivity contribution in [3.8, 4) is 11.8 Å². The van der Waals surface area contributed by atoms with Crippen LogP contribution in [0.1, 0.15) is 22.3 Å². The highest BCUT2D eigenvalue weighted by molar-refractivity contribution is 5.91. The van der Waals surface area contributed by atoms with E-state index in [1.54, 1.807) is 0 Å². The molecule has 3 N–H and O–H groups in total. The zero-order valence-corrected chi connectivity index (χ0v) is 8.84. The lowest BCUT2D eigenvalue weighted by atomic mass is 10.1. The van der Waals surface area contributed by atoms with Crippen molar-refractivity contribution in [2.45, 2.75) is 6.42 Å². The number of carboxylic acid groups (broad SMARTS) is 1. The van der Waals surface area contributed by atoms with Crippen molar-refractivity contribution in [2.24, 2.45) is 5.73 Å². The van der Waals surface area contributed by atoms with Crippen LogP contribution in [0.4, 0.5) is 5.69 Å². The Hall–Kier alpha value is -2.39. The molecule has 0 heterocycles. The number of aromatic carboxylic acids is 1. The number of nitrogens with zero attached hydrogens (tertiary/aromatic N) is 1. The number of carboxylic acids is 1. The molecule has 0 aliphatic heterocycles. The maximum Gasteiger partial charge on any atom is 0.337 e. The molecule has 0 radical (unpaired) electrons. The lowest BCUT2D eigenvalue weighted by Gasteiger charge is -1.98. The van der Waals surface area contributed by atoms with Gasteiger partial charge in [0.2, 0.25) is 0 Å². The highest BCUT2D eigenvalue weighted by atomic mass is 16.6. The molecule has 1 aromatic rings. The summed E-state index contributed by atoms with van der Waals surface area (Å²) in [4.78, 5) is 20.8. The lowest BCUT2D eigenvalue weighted by molar-refractivity contribution is -0.384. The van der Waals surface area contributed by atoms with Crippen LogP contribution in [0.3, 0.4) is 0 Å². The van der Waals surface area contributed by atoms with Crippen LogP contribution >= 0.6 is 0 Å². The number of hydrogen-bond acceptors (Lipinski definition) is 4. The molecule has 0 bridgehead atoms. The summed E-state index contributed by atoms with van der Waals surface area (Å²) in [5.41, 5.74) is 5.04. The number of benzene rings is 1. The fourth-order valence-electron chi connectivity index (χ4n) is 1.16. The Labute approximate surface area is 97.2 Å². The molecule has 6 heteroatoms. The number of nitro groups is 1. The second kappa shape index (κ2) is 5.63. The van der Waals surface area contributed by atoms with Crippen molar-refractivity contribution < 1.29 is 14.8 Å². The van der Waals surface area contributed by atoms with Crippen molar-refractivity contribution >= 4 is 11.7 Å². The van der Waals surface area contributed by atoms with Crippen LogP contribution in [0, 0.1) is 22.0 Å². The van der Waals surface area contributed by atoms with Crippen LogP contribution in [-0.2, 0) is 0 Å². The summed E-state index contributed by atoms with van der Waals surface area (Å²) >= 11 is 0. The second-order valence-electron chi connectivity index (χ2n) is 3.13. The number of nitrogens with two attached hydrogens (primary N) is 1. The molecule has 0 saturated carbocycles. The van der Waals surface area contributed by atoms with Gasteiger partial charge < -0.3 is 10.8 Å². The van der Waals surface area contributed by atoms with Gasteiger partial charge in [-0.3, -0.25) is 10.1 Å². The molecular weight excluding hydrogens is 224 g/mol. The third-order valence-corrected chi connectivity index (χ3v) is 1.94. The maximum atomic E-state index is 10.9. The average molecular weight is 234 g/mol. The third kappa shape index (κ3) is 3.29. The van der Waals surface area contributed by atoms with E-state index in [1.807, 2.05) is 0 Å². The Morgan fingerprint density at radius 1 is 1.53 bits per heavy atom. The fraction of sp³-hybridized carbons (Fsp3) is 0.182. The number of rotatable bonds is 3. The standard InChI is InChI=1S/C11H10N2O4/c12-6-2-1-3-8-4-5-9(13(16)17)7-10(8)11(14)15/h4-5,7H,2,6,12H2,(H,14,15). The average Bonchev–Trinajstić information content (AvgIpc) is 2.29. The summed E-state index contributed by atoms with van der Waals surface area (Å²) in [6.45, 7) is 0.377. The van der Waals surface area contributed by atoms with Crippen LogP contribution in [0.2, 0.25) is 0 Å². The second-order valence-corrected chi connectivity index (χ2v) is 3.13. The maximum absolute atomic E-state index is 10.9. The van der Waals surface area contributed by atoms with Crippen LogP contribution in [0.15, 0.2) is 18.2 Å². The largest absolute Gasteiger partial charge is 0.478 e. The molecule has 0 fully saturated rings. The molecule has 1 aromatic carbocycles. The topological polar surface area (TPSA) is 106 Å². The van der Waals surface area contributed by atoms with Gasteiger partial charge in [0.05, 0.1) is 10.5 Å². The minimum Gasteiger partial charge on any atom is -0.478 e. The van der Waals surface area contributed by atoms with Crippen molar-refractivity contribution in [3.63, 3.8) is 0 Å². The molecule has 0 spiro atoms. The van der Waals surface area contributed by atoms with Gasteiger partial charge in [0, 0.05) is 30.7 Å². The molecule has 0 atom stereocenters. The van der Waals surface area contributed by atoms with Crippen LogP contribution in [0.25, 0.3) is 0 Å². The third-order valence-electron chi connectivity index (χ3n) is 1.94. The highest BCUT2D eigenvalue weighted by Gasteiger charge is 2.14. The van der Waals surface area contributed by atoms with E-state index < -0.39 is 10.9 Å². The van der Waals surface area contributed by atoms with Crippen molar-refractivity contribution in [2.75, 3.05) is 6.54 Å². The van der Waals surface area contributed by atoms with Crippen LogP contribution < -0.4 is 5.73 Å². The van der Waals surface area contributed by atoms with Gasteiger partial charge in [-0.1, -0.05) is 11.8 Å². The Morgan fingerprint density at radius 2 is 2.24 bits per heavy atom. The highest BCUT2D eigenvalue weighted by Crippen LogP contribution is 2.17. The van der Waals surface area contributed by atoms with E-state index in [0.717, 1.165) is 6.07 Å². The lowest BCUT2D eigenvalue weighted by Crippen LogP contribution is -2.02. The molecule has 0 aromatic heterocycles. The zero-order chi connectivity index (χ0) is 12.8. The normalized spacial score (nSPS) is 9.24. The van der Waals surface area contributed by atoms with Crippen LogP contribution in [-0.4, -0.2) is 22.5 Å². The molecule has 0 aliphatic rings. The zero-order valence-electron chi connectivity index (χ0n) is 8.84. The van der Waals surface area contributed by atoms with Gasteiger partial charge >= 0.3 is 5.97 Å². The first-order chi connectivity index (χ1) is 8.06. The summed E-state index contributed by atoms with van der Waals surface area (Å²) in [5, 5.41) is 19.4. The Kier molecular flexibility index (Phi) is 4.20. The Bertz CT molecular complexity index is 514. The van der Waals surface area contributed by atoms with Gasteiger partial charge in [-0.2, -0.15) is 0 Å². The molecule has 1 rings (SSSR count).